The molecule has 0 unspecified atom stereocenters. The molecule has 45 heavy (non-hydrogen) atoms. The highest BCUT2D eigenvalue weighted by molar-refractivity contribution is 7.99. The van der Waals surface area contributed by atoms with Crippen LogP contribution in [0.25, 0.3) is 22.4 Å². The summed E-state index contributed by atoms with van der Waals surface area (Å²) in [4.78, 5) is 11.3. The quantitative estimate of drug-likeness (QED) is 0.163. The Morgan fingerprint density at radius 2 is 1.18 bits per heavy atom. The maximum atomic E-state index is 6.30. The molecule has 0 saturated carbocycles. The van der Waals surface area contributed by atoms with Gasteiger partial charge in [0.25, 0.3) is 0 Å². The number of benzene rings is 5. The van der Waals surface area contributed by atoms with E-state index in [1.807, 2.05) is 72.9 Å². The Kier molecular flexibility index (Phi) is 8.21. The van der Waals surface area contributed by atoms with Crippen LogP contribution in [-0.2, 0) is 0 Å². The Labute approximate surface area is 268 Å². The van der Waals surface area contributed by atoms with E-state index in [0.717, 1.165) is 62.6 Å². The van der Waals surface area contributed by atoms with Crippen LogP contribution in [0.15, 0.2) is 168 Å². The fraction of sp³-hybridized carbons (Fsp3) is 0.0513. The average Bonchev–Trinajstić information content (AvgIpc) is 3.52. The molecule has 1 aromatic heterocycles. The van der Waals surface area contributed by atoms with Gasteiger partial charge >= 0.3 is 0 Å². The fourth-order valence-electron chi connectivity index (χ4n) is 5.15. The van der Waals surface area contributed by atoms with Gasteiger partial charge < -0.3 is 19.3 Å². The van der Waals surface area contributed by atoms with Crippen molar-refractivity contribution in [1.29, 1.82) is 0 Å². The third kappa shape index (κ3) is 7.03. The third-order valence-electron chi connectivity index (χ3n) is 7.34. The van der Waals surface area contributed by atoms with Crippen LogP contribution in [0.4, 0.5) is 5.69 Å². The van der Waals surface area contributed by atoms with E-state index in [1.54, 1.807) is 11.8 Å². The van der Waals surface area contributed by atoms with Crippen LogP contribution >= 0.6 is 11.8 Å². The van der Waals surface area contributed by atoms with Gasteiger partial charge in [0.15, 0.2) is 0 Å². The highest BCUT2D eigenvalue weighted by Gasteiger charge is 2.12. The molecule has 220 valence electrons. The van der Waals surface area contributed by atoms with Crippen molar-refractivity contribution in [3.8, 4) is 45.4 Å². The molecule has 0 aliphatic carbocycles. The lowest BCUT2D eigenvalue weighted by atomic mass is 10.0. The molecule has 0 spiro atoms. The Hall–Kier alpha value is -5.46. The van der Waals surface area contributed by atoms with Crippen LogP contribution in [0.3, 0.4) is 0 Å². The second-order valence-electron chi connectivity index (χ2n) is 10.7. The van der Waals surface area contributed by atoms with Crippen LogP contribution in [0.5, 0.6) is 23.0 Å². The molecule has 6 aromatic rings. The first-order chi connectivity index (χ1) is 22.1. The summed E-state index contributed by atoms with van der Waals surface area (Å²) in [5.74, 6) is 3.13. The Bertz CT molecular complexity index is 1960. The van der Waals surface area contributed by atoms with Crippen LogP contribution in [0.1, 0.15) is 0 Å². The van der Waals surface area contributed by atoms with Gasteiger partial charge in [-0.05, 0) is 90.0 Å². The summed E-state index contributed by atoms with van der Waals surface area (Å²) in [5.41, 5.74) is 5.05. The monoisotopic (exact) mass is 605 g/mol. The average molecular weight is 606 g/mol. The molecule has 5 aromatic carbocycles. The van der Waals surface area contributed by atoms with Crippen molar-refractivity contribution in [2.75, 3.05) is 18.6 Å². The first kappa shape index (κ1) is 28.3. The van der Waals surface area contributed by atoms with Gasteiger partial charge in [-0.3, -0.25) is 4.98 Å². The predicted molar refractivity (Wildman–Crippen MR) is 183 cm³/mol. The van der Waals surface area contributed by atoms with Gasteiger partial charge in [0.2, 0.25) is 0 Å². The molecule has 5 nitrogen and oxygen atoms in total. The molecule has 1 aliphatic heterocycles. The van der Waals surface area contributed by atoms with E-state index in [-0.39, 0.29) is 0 Å². The zero-order valence-corrected chi connectivity index (χ0v) is 25.6. The number of hydrogen-bond donors (Lipinski definition) is 0. The number of hydrogen-bond acceptors (Lipinski definition) is 6. The number of pyridine rings is 1. The van der Waals surface area contributed by atoms with E-state index in [2.05, 4.69) is 107 Å². The summed E-state index contributed by atoms with van der Waals surface area (Å²) in [7, 11) is 2.06. The molecular weight excluding hydrogens is 575 g/mol. The fourth-order valence-corrected chi connectivity index (χ4v) is 6.03. The molecular formula is C39H31N3O2S. The zero-order chi connectivity index (χ0) is 30.4. The minimum absolute atomic E-state index is 0.758. The zero-order valence-electron chi connectivity index (χ0n) is 24.8. The molecule has 0 fully saturated rings. The molecule has 7 rings (SSSR count). The van der Waals surface area contributed by atoms with E-state index >= 15 is 0 Å². The summed E-state index contributed by atoms with van der Waals surface area (Å²) in [6, 6.07) is 47.0. The Morgan fingerprint density at radius 3 is 1.93 bits per heavy atom. The molecule has 1 aliphatic rings. The van der Waals surface area contributed by atoms with Crippen LogP contribution in [0, 0.1) is 0 Å². The van der Waals surface area contributed by atoms with Gasteiger partial charge in [-0.25, -0.2) is 0 Å². The van der Waals surface area contributed by atoms with Gasteiger partial charge in [0, 0.05) is 52.8 Å². The maximum absolute atomic E-state index is 6.30. The third-order valence-corrected chi connectivity index (χ3v) is 8.34. The van der Waals surface area contributed by atoms with Gasteiger partial charge in [0.05, 0.1) is 12.4 Å². The molecule has 0 saturated heterocycles. The first-order valence-corrected chi connectivity index (χ1v) is 15.6. The van der Waals surface area contributed by atoms with Crippen LogP contribution in [0.2, 0.25) is 0 Å². The SMILES string of the molecule is CN1C=CN(c2cccc(Oc3cccc(-c4cc(-c5cccc(Oc6cccc(Sc7ccccc7)c6)c5)ccn4)c3)c2)C1. The topological polar surface area (TPSA) is 37.8 Å². The number of aromatic nitrogens is 1. The molecule has 0 bridgehead atoms. The second-order valence-corrected chi connectivity index (χ2v) is 11.9. The largest absolute Gasteiger partial charge is 0.457 e. The van der Waals surface area contributed by atoms with Crippen molar-refractivity contribution in [3.05, 3.63) is 158 Å². The number of rotatable bonds is 9. The molecule has 2 heterocycles. The van der Waals surface area contributed by atoms with Gasteiger partial charge in [0.1, 0.15) is 23.0 Å². The molecule has 0 N–H and O–H groups in total. The number of ether oxygens (including phenoxy) is 2. The Morgan fingerprint density at radius 1 is 0.556 bits per heavy atom. The van der Waals surface area contributed by atoms with Gasteiger partial charge in [-0.2, -0.15) is 0 Å². The molecule has 0 amide bonds. The normalized spacial score (nSPS) is 12.4. The predicted octanol–water partition coefficient (Wildman–Crippen LogP) is 10.3. The number of anilines is 1. The van der Waals surface area contributed by atoms with E-state index in [0.29, 0.717) is 0 Å². The Balaban J connectivity index is 1.07. The van der Waals surface area contributed by atoms with Crippen molar-refractivity contribution < 1.29 is 9.47 Å². The van der Waals surface area contributed by atoms with Crippen molar-refractivity contribution in [1.82, 2.24) is 9.88 Å². The van der Waals surface area contributed by atoms with Crippen molar-refractivity contribution in [3.63, 3.8) is 0 Å². The van der Waals surface area contributed by atoms with Crippen molar-refractivity contribution >= 4 is 17.4 Å². The lowest BCUT2D eigenvalue weighted by molar-refractivity contribution is 0.481. The lowest BCUT2D eigenvalue weighted by Crippen LogP contribution is -2.21. The van der Waals surface area contributed by atoms with E-state index < -0.39 is 0 Å². The highest BCUT2D eigenvalue weighted by Crippen LogP contribution is 2.34. The van der Waals surface area contributed by atoms with Crippen LogP contribution < -0.4 is 14.4 Å². The summed E-state index contributed by atoms with van der Waals surface area (Å²) in [6.07, 6.45) is 5.98. The minimum atomic E-state index is 0.758. The maximum Gasteiger partial charge on any atom is 0.129 e. The van der Waals surface area contributed by atoms with E-state index in [9.17, 15) is 0 Å². The summed E-state index contributed by atoms with van der Waals surface area (Å²) >= 11 is 1.72. The lowest BCUT2D eigenvalue weighted by Gasteiger charge is -2.19. The van der Waals surface area contributed by atoms with Crippen LogP contribution in [-0.4, -0.2) is 23.6 Å². The number of nitrogens with zero attached hydrogens (tertiary/aromatic N) is 3. The smallest absolute Gasteiger partial charge is 0.129 e. The minimum Gasteiger partial charge on any atom is -0.457 e. The molecule has 6 heteroatoms. The second kappa shape index (κ2) is 13.0. The highest BCUT2D eigenvalue weighted by atomic mass is 32.2. The summed E-state index contributed by atoms with van der Waals surface area (Å²) in [6.45, 7) is 0.817. The van der Waals surface area contributed by atoms with Crippen molar-refractivity contribution in [2.24, 2.45) is 0 Å². The van der Waals surface area contributed by atoms with E-state index in [1.165, 1.54) is 4.90 Å². The first-order valence-electron chi connectivity index (χ1n) is 14.8. The standard InChI is InChI=1S/C39H31N3O2S/c1-41-21-22-42(28-41)32-11-7-14-35(26-32)43-34-13-6-10-31(24-34)39-25-30(19-20-40-39)29-9-5-12-33(23-29)44-36-15-8-18-38(27-36)45-37-16-3-2-4-17-37/h2-27H,28H2,1H3. The van der Waals surface area contributed by atoms with Crippen molar-refractivity contribution in [2.45, 2.75) is 9.79 Å². The van der Waals surface area contributed by atoms with Gasteiger partial charge in [-0.1, -0.05) is 66.4 Å². The molecule has 0 atom stereocenters. The molecule has 0 radical (unpaired) electrons. The summed E-state index contributed by atoms with van der Waals surface area (Å²) < 4.78 is 12.6. The summed E-state index contributed by atoms with van der Waals surface area (Å²) in [5, 5.41) is 0. The van der Waals surface area contributed by atoms with Gasteiger partial charge in [-0.15, -0.1) is 0 Å². The van der Waals surface area contributed by atoms with E-state index in [4.69, 9.17) is 9.47 Å².